The molecule has 1 atom stereocenters. The average Bonchev–Trinajstić information content (AvgIpc) is 2.77. The normalized spacial score (nSPS) is 20.8. The fourth-order valence-electron chi connectivity index (χ4n) is 2.78. The van der Waals surface area contributed by atoms with Gasteiger partial charge in [0.05, 0.1) is 0 Å². The predicted molar refractivity (Wildman–Crippen MR) is 67.1 cm³/mol. The number of nitrogens with zero attached hydrogens (tertiary/aromatic N) is 1. The molecule has 1 amide bonds. The Bertz CT molecular complexity index is 234. The van der Waals surface area contributed by atoms with Gasteiger partial charge in [0, 0.05) is 18.5 Å². The van der Waals surface area contributed by atoms with Crippen molar-refractivity contribution in [1.29, 1.82) is 0 Å². The van der Waals surface area contributed by atoms with E-state index in [2.05, 4.69) is 13.8 Å². The summed E-state index contributed by atoms with van der Waals surface area (Å²) in [6, 6.07) is 0.265. The molecule has 1 saturated carbocycles. The summed E-state index contributed by atoms with van der Waals surface area (Å²) in [4.78, 5) is 14.4. The molecule has 0 aliphatic heterocycles. The molecule has 0 aromatic rings. The topological polar surface area (TPSA) is 46.3 Å². The van der Waals surface area contributed by atoms with E-state index in [-0.39, 0.29) is 11.5 Å². The van der Waals surface area contributed by atoms with Crippen LogP contribution in [0.1, 0.15) is 52.4 Å². The lowest BCUT2D eigenvalue weighted by Crippen LogP contribution is -2.45. The largest absolute Gasteiger partial charge is 0.343 e. The quantitative estimate of drug-likeness (QED) is 0.781. The summed E-state index contributed by atoms with van der Waals surface area (Å²) in [5, 5.41) is 0. The van der Waals surface area contributed by atoms with E-state index in [0.29, 0.717) is 12.5 Å². The van der Waals surface area contributed by atoms with E-state index < -0.39 is 0 Å². The number of hydrogen-bond acceptors (Lipinski definition) is 2. The van der Waals surface area contributed by atoms with Crippen LogP contribution in [0.3, 0.4) is 0 Å². The molecule has 0 radical (unpaired) electrons. The monoisotopic (exact) mass is 226 g/mol. The number of rotatable bonds is 5. The first-order valence-electron chi connectivity index (χ1n) is 6.54. The Morgan fingerprint density at radius 3 is 2.44 bits per heavy atom. The molecule has 1 unspecified atom stereocenters. The Balaban J connectivity index is 2.67. The van der Waals surface area contributed by atoms with Crippen molar-refractivity contribution in [2.45, 2.75) is 58.4 Å². The summed E-state index contributed by atoms with van der Waals surface area (Å²) in [6.45, 7) is 4.88. The lowest BCUT2D eigenvalue weighted by atomic mass is 9.81. The minimum atomic E-state index is -0.0579. The highest BCUT2D eigenvalue weighted by Crippen LogP contribution is 2.42. The second-order valence-electron chi connectivity index (χ2n) is 5.18. The zero-order valence-corrected chi connectivity index (χ0v) is 11.0. The van der Waals surface area contributed by atoms with E-state index in [0.717, 1.165) is 25.7 Å². The summed E-state index contributed by atoms with van der Waals surface area (Å²) in [7, 11) is 1.93. The van der Waals surface area contributed by atoms with Crippen molar-refractivity contribution in [3.8, 4) is 0 Å². The molecule has 94 valence electrons. The van der Waals surface area contributed by atoms with E-state index in [1.54, 1.807) is 0 Å². The van der Waals surface area contributed by atoms with Gasteiger partial charge in [-0.15, -0.1) is 0 Å². The molecule has 2 N–H and O–H groups in total. The maximum absolute atomic E-state index is 12.5. The molecule has 0 aromatic carbocycles. The first-order chi connectivity index (χ1) is 7.57. The van der Waals surface area contributed by atoms with Crippen LogP contribution in [-0.2, 0) is 4.79 Å². The van der Waals surface area contributed by atoms with Gasteiger partial charge in [0.2, 0.25) is 5.91 Å². The molecule has 1 aliphatic carbocycles. The van der Waals surface area contributed by atoms with Crippen molar-refractivity contribution in [3.63, 3.8) is 0 Å². The van der Waals surface area contributed by atoms with Crippen LogP contribution < -0.4 is 5.73 Å². The van der Waals surface area contributed by atoms with Crippen molar-refractivity contribution in [1.82, 2.24) is 4.90 Å². The maximum Gasteiger partial charge on any atom is 0.228 e. The first-order valence-corrected chi connectivity index (χ1v) is 6.54. The van der Waals surface area contributed by atoms with E-state index >= 15 is 0 Å². The number of carbonyl (C=O) groups is 1. The molecule has 3 nitrogen and oxygen atoms in total. The van der Waals surface area contributed by atoms with Gasteiger partial charge in [-0.1, -0.05) is 19.8 Å². The fourth-order valence-corrected chi connectivity index (χ4v) is 2.78. The second-order valence-corrected chi connectivity index (χ2v) is 5.18. The summed E-state index contributed by atoms with van der Waals surface area (Å²) < 4.78 is 0. The van der Waals surface area contributed by atoms with E-state index in [1.807, 2.05) is 11.9 Å². The van der Waals surface area contributed by atoms with Crippen molar-refractivity contribution in [2.75, 3.05) is 13.6 Å². The molecule has 0 saturated heterocycles. The Morgan fingerprint density at radius 1 is 1.44 bits per heavy atom. The molecule has 3 heteroatoms. The van der Waals surface area contributed by atoms with Crippen molar-refractivity contribution >= 4 is 5.91 Å². The van der Waals surface area contributed by atoms with Crippen LogP contribution in [0, 0.1) is 5.41 Å². The van der Waals surface area contributed by atoms with Crippen LogP contribution >= 0.6 is 0 Å². The minimum absolute atomic E-state index is 0.0579. The number of amides is 1. The highest BCUT2D eigenvalue weighted by Gasteiger charge is 2.41. The lowest BCUT2D eigenvalue weighted by molar-refractivity contribution is -0.142. The lowest BCUT2D eigenvalue weighted by Gasteiger charge is -2.34. The van der Waals surface area contributed by atoms with E-state index in [4.69, 9.17) is 5.73 Å². The average molecular weight is 226 g/mol. The van der Waals surface area contributed by atoms with Gasteiger partial charge in [0.1, 0.15) is 0 Å². The van der Waals surface area contributed by atoms with Crippen LogP contribution in [0.2, 0.25) is 0 Å². The summed E-state index contributed by atoms with van der Waals surface area (Å²) in [5.41, 5.74) is 5.49. The van der Waals surface area contributed by atoms with Gasteiger partial charge in [0.15, 0.2) is 0 Å². The zero-order chi connectivity index (χ0) is 12.2. The van der Waals surface area contributed by atoms with Crippen LogP contribution in [0.15, 0.2) is 0 Å². The minimum Gasteiger partial charge on any atom is -0.343 e. The standard InChI is InChI=1S/C13H26N2O/c1-4-13(8-5-6-9-13)12(16)15(3)11(2)7-10-14/h11H,4-10,14H2,1-3H3. The molecule has 1 rings (SSSR count). The van der Waals surface area contributed by atoms with Crippen molar-refractivity contribution < 1.29 is 4.79 Å². The molecule has 0 aromatic heterocycles. The molecular formula is C13H26N2O. The Morgan fingerprint density at radius 2 is 2.00 bits per heavy atom. The molecule has 0 bridgehead atoms. The Kier molecular flexibility index (Phi) is 4.78. The first kappa shape index (κ1) is 13.5. The number of hydrogen-bond donors (Lipinski definition) is 1. The molecule has 0 heterocycles. The number of nitrogens with two attached hydrogens (primary N) is 1. The smallest absolute Gasteiger partial charge is 0.228 e. The molecule has 0 spiro atoms. The van der Waals surface area contributed by atoms with Gasteiger partial charge in [-0.3, -0.25) is 4.79 Å². The highest BCUT2D eigenvalue weighted by atomic mass is 16.2. The number of carbonyl (C=O) groups excluding carboxylic acids is 1. The summed E-state index contributed by atoms with van der Waals surface area (Å²) in [6.07, 6.45) is 6.43. The van der Waals surface area contributed by atoms with Crippen LogP contribution in [0.4, 0.5) is 0 Å². The van der Waals surface area contributed by atoms with Crippen molar-refractivity contribution in [2.24, 2.45) is 11.1 Å². The summed E-state index contributed by atoms with van der Waals surface area (Å²) in [5.74, 6) is 0.341. The molecule has 1 aliphatic rings. The van der Waals surface area contributed by atoms with E-state index in [1.165, 1.54) is 12.8 Å². The molecular weight excluding hydrogens is 200 g/mol. The fraction of sp³-hybridized carbons (Fsp3) is 0.923. The summed E-state index contributed by atoms with van der Waals surface area (Å²) >= 11 is 0. The van der Waals surface area contributed by atoms with Gasteiger partial charge in [0.25, 0.3) is 0 Å². The van der Waals surface area contributed by atoms with E-state index in [9.17, 15) is 4.79 Å². The molecule has 16 heavy (non-hydrogen) atoms. The van der Waals surface area contributed by atoms with Gasteiger partial charge in [-0.25, -0.2) is 0 Å². The SMILES string of the molecule is CCC1(C(=O)N(C)C(C)CCN)CCCC1. The Labute approximate surface area is 99.4 Å². The molecule has 1 fully saturated rings. The van der Waals surface area contributed by atoms with Crippen LogP contribution in [0.5, 0.6) is 0 Å². The van der Waals surface area contributed by atoms with Gasteiger partial charge in [-0.05, 0) is 39.2 Å². The second kappa shape index (κ2) is 5.67. The maximum atomic E-state index is 12.5. The van der Waals surface area contributed by atoms with Crippen LogP contribution in [0.25, 0.3) is 0 Å². The zero-order valence-electron chi connectivity index (χ0n) is 11.0. The van der Waals surface area contributed by atoms with Gasteiger partial charge >= 0.3 is 0 Å². The Hall–Kier alpha value is -0.570. The third-order valence-corrected chi connectivity index (χ3v) is 4.26. The van der Waals surface area contributed by atoms with Gasteiger partial charge < -0.3 is 10.6 Å². The third kappa shape index (κ3) is 2.57. The van der Waals surface area contributed by atoms with Crippen molar-refractivity contribution in [3.05, 3.63) is 0 Å². The highest BCUT2D eigenvalue weighted by molar-refractivity contribution is 5.83. The van der Waals surface area contributed by atoms with Crippen LogP contribution in [-0.4, -0.2) is 30.4 Å². The van der Waals surface area contributed by atoms with Gasteiger partial charge in [-0.2, -0.15) is 0 Å². The predicted octanol–water partition coefficient (Wildman–Crippen LogP) is 2.15. The third-order valence-electron chi connectivity index (χ3n) is 4.26.